The normalized spacial score (nSPS) is 20.9. The van der Waals surface area contributed by atoms with Crippen LogP contribution in [0.3, 0.4) is 0 Å². The highest BCUT2D eigenvalue weighted by Crippen LogP contribution is 2.42. The maximum atomic E-state index is 6.92. The maximum absolute atomic E-state index is 6.92. The van der Waals surface area contributed by atoms with E-state index < -0.39 is 5.72 Å². The first-order valence-corrected chi connectivity index (χ1v) is 10.8. The molecule has 3 aromatic rings. The fourth-order valence-corrected chi connectivity index (χ4v) is 4.66. The highest BCUT2D eigenvalue weighted by atomic mass is 16.5. The number of ether oxygens (including phenoxy) is 2. The van der Waals surface area contributed by atoms with Crippen molar-refractivity contribution in [3.63, 3.8) is 0 Å². The van der Waals surface area contributed by atoms with Crippen LogP contribution in [0.2, 0.25) is 0 Å². The van der Waals surface area contributed by atoms with Gasteiger partial charge in [0, 0.05) is 16.7 Å². The van der Waals surface area contributed by atoms with Gasteiger partial charge >= 0.3 is 0 Å². The Balaban J connectivity index is 1.74. The van der Waals surface area contributed by atoms with Crippen LogP contribution in [0.5, 0.6) is 5.75 Å². The summed E-state index contributed by atoms with van der Waals surface area (Å²) >= 11 is 0. The first-order valence-electron chi connectivity index (χ1n) is 10.8. The largest absolute Gasteiger partial charge is 0.432 e. The van der Waals surface area contributed by atoms with E-state index in [1.54, 1.807) is 0 Å². The Labute approximate surface area is 183 Å². The summed E-state index contributed by atoms with van der Waals surface area (Å²) in [5.74, 6) is 7.78. The third-order valence-corrected chi connectivity index (χ3v) is 6.20. The molecule has 1 atom stereocenters. The Hall–Kier alpha value is -3.32. The molecule has 1 N–H and O–H groups in total. The summed E-state index contributed by atoms with van der Waals surface area (Å²) < 4.78 is 12.6. The second-order valence-electron chi connectivity index (χ2n) is 7.98. The SMILES string of the molecule is CC1=C(C#Cc2ccccc2)c2ccccc2O[C@]1(c1ccccc1)[NH+]1CCOCC1. The van der Waals surface area contributed by atoms with E-state index in [1.807, 2.05) is 36.4 Å². The van der Waals surface area contributed by atoms with Crippen LogP contribution >= 0.6 is 0 Å². The summed E-state index contributed by atoms with van der Waals surface area (Å²) in [5, 5.41) is 0. The summed E-state index contributed by atoms with van der Waals surface area (Å²) in [6.45, 7) is 5.41. The van der Waals surface area contributed by atoms with Crippen molar-refractivity contribution < 1.29 is 14.4 Å². The number of para-hydroxylation sites is 1. The molecule has 0 amide bonds. The van der Waals surface area contributed by atoms with Gasteiger partial charge in [-0.2, -0.15) is 0 Å². The van der Waals surface area contributed by atoms with Crippen LogP contribution in [0.4, 0.5) is 0 Å². The van der Waals surface area contributed by atoms with Gasteiger partial charge in [0.2, 0.25) is 0 Å². The summed E-state index contributed by atoms with van der Waals surface area (Å²) in [5.41, 5.74) is 4.79. The van der Waals surface area contributed by atoms with Gasteiger partial charge in [-0.15, -0.1) is 0 Å². The summed E-state index contributed by atoms with van der Waals surface area (Å²) in [6.07, 6.45) is 0. The average Bonchev–Trinajstić information content (AvgIpc) is 2.85. The molecule has 154 valence electrons. The topological polar surface area (TPSA) is 22.9 Å². The van der Waals surface area contributed by atoms with Crippen LogP contribution in [0.25, 0.3) is 5.57 Å². The molecule has 1 saturated heterocycles. The van der Waals surface area contributed by atoms with E-state index in [0.29, 0.717) is 0 Å². The van der Waals surface area contributed by atoms with Crippen molar-refractivity contribution in [1.29, 1.82) is 0 Å². The number of fused-ring (bicyclic) bond motifs is 1. The van der Waals surface area contributed by atoms with Gasteiger partial charge in [-0.1, -0.05) is 60.4 Å². The minimum Gasteiger partial charge on any atom is -0.432 e. The molecule has 0 bridgehead atoms. The summed E-state index contributed by atoms with van der Waals surface area (Å²) in [6, 6.07) is 29.0. The van der Waals surface area contributed by atoms with Gasteiger partial charge in [-0.3, -0.25) is 4.90 Å². The van der Waals surface area contributed by atoms with E-state index in [0.717, 1.165) is 59.9 Å². The molecule has 3 aromatic carbocycles. The van der Waals surface area contributed by atoms with Crippen LogP contribution in [0, 0.1) is 11.8 Å². The standard InChI is InChI=1S/C28H25NO2/c1-22-25(17-16-23-10-4-2-5-11-23)26-14-8-9-15-27(26)31-28(22,24-12-6-3-7-13-24)29-18-20-30-21-19-29/h2-15H,18-21H2,1H3/p+1/t28-/m1/s1. The summed E-state index contributed by atoms with van der Waals surface area (Å²) in [4.78, 5) is 1.36. The van der Waals surface area contributed by atoms with Crippen LogP contribution in [0.1, 0.15) is 23.6 Å². The van der Waals surface area contributed by atoms with Crippen LogP contribution in [-0.4, -0.2) is 26.3 Å². The van der Waals surface area contributed by atoms with E-state index in [2.05, 4.69) is 67.3 Å². The van der Waals surface area contributed by atoms with Crippen molar-refractivity contribution in [2.75, 3.05) is 26.3 Å². The van der Waals surface area contributed by atoms with Gasteiger partial charge < -0.3 is 9.47 Å². The monoisotopic (exact) mass is 408 g/mol. The van der Waals surface area contributed by atoms with Gasteiger partial charge in [-0.05, 0) is 43.3 Å². The Morgan fingerprint density at radius 2 is 1.42 bits per heavy atom. The molecule has 1 fully saturated rings. The number of rotatable bonds is 2. The minimum absolute atomic E-state index is 0.625. The maximum Gasteiger partial charge on any atom is 0.292 e. The third kappa shape index (κ3) is 3.55. The van der Waals surface area contributed by atoms with Gasteiger partial charge in [-0.25, -0.2) is 0 Å². The van der Waals surface area contributed by atoms with Crippen molar-refractivity contribution in [2.24, 2.45) is 0 Å². The lowest BCUT2D eigenvalue weighted by Crippen LogP contribution is -3.21. The molecular weight excluding hydrogens is 382 g/mol. The van der Waals surface area contributed by atoms with Crippen LogP contribution < -0.4 is 9.64 Å². The molecule has 2 aliphatic heterocycles. The third-order valence-electron chi connectivity index (χ3n) is 6.20. The number of benzene rings is 3. The van der Waals surface area contributed by atoms with Crippen molar-refractivity contribution in [2.45, 2.75) is 12.6 Å². The molecule has 3 nitrogen and oxygen atoms in total. The second-order valence-corrected chi connectivity index (χ2v) is 7.98. The lowest BCUT2D eigenvalue weighted by molar-refractivity contribution is -0.982. The Morgan fingerprint density at radius 3 is 2.16 bits per heavy atom. The van der Waals surface area contributed by atoms with E-state index >= 15 is 0 Å². The highest BCUT2D eigenvalue weighted by molar-refractivity contribution is 5.87. The predicted octanol–water partition coefficient (Wildman–Crippen LogP) is 3.67. The number of nitrogens with one attached hydrogen (secondary N) is 1. The molecule has 31 heavy (non-hydrogen) atoms. The fraction of sp³-hybridized carbons (Fsp3) is 0.214. The van der Waals surface area contributed by atoms with Crippen molar-refractivity contribution >= 4 is 5.57 Å². The van der Waals surface area contributed by atoms with Crippen molar-refractivity contribution in [3.8, 4) is 17.6 Å². The molecule has 2 heterocycles. The average molecular weight is 409 g/mol. The second kappa shape index (κ2) is 8.43. The number of allylic oxidation sites excluding steroid dienone is 1. The number of quaternary nitrogens is 1. The van der Waals surface area contributed by atoms with Gasteiger partial charge in [0.1, 0.15) is 18.8 Å². The quantitative estimate of drug-likeness (QED) is 0.654. The van der Waals surface area contributed by atoms with Gasteiger partial charge in [0.15, 0.2) is 0 Å². The first kappa shape index (κ1) is 19.6. The van der Waals surface area contributed by atoms with E-state index in [1.165, 1.54) is 4.90 Å². The fourth-order valence-electron chi connectivity index (χ4n) is 4.66. The lowest BCUT2D eigenvalue weighted by Gasteiger charge is -2.45. The Bertz CT molecular complexity index is 1150. The molecule has 0 aromatic heterocycles. The predicted molar refractivity (Wildman–Crippen MR) is 123 cm³/mol. The van der Waals surface area contributed by atoms with Gasteiger partial charge in [0.25, 0.3) is 5.72 Å². The zero-order valence-electron chi connectivity index (χ0n) is 17.7. The molecule has 3 heteroatoms. The molecular formula is C28H26NO2+. The smallest absolute Gasteiger partial charge is 0.292 e. The molecule has 0 radical (unpaired) electrons. The van der Waals surface area contributed by atoms with E-state index in [9.17, 15) is 0 Å². The Morgan fingerprint density at radius 1 is 0.774 bits per heavy atom. The van der Waals surface area contributed by atoms with Crippen LogP contribution in [0.15, 0.2) is 90.5 Å². The number of hydrogen-bond acceptors (Lipinski definition) is 2. The Kier molecular flexibility index (Phi) is 5.34. The number of hydrogen-bond donors (Lipinski definition) is 1. The molecule has 0 saturated carbocycles. The highest BCUT2D eigenvalue weighted by Gasteiger charge is 2.51. The van der Waals surface area contributed by atoms with Crippen molar-refractivity contribution in [3.05, 3.63) is 107 Å². The van der Waals surface area contributed by atoms with Crippen LogP contribution in [-0.2, 0) is 10.5 Å². The van der Waals surface area contributed by atoms with Gasteiger partial charge in [0.05, 0.1) is 24.4 Å². The summed E-state index contributed by atoms with van der Waals surface area (Å²) in [7, 11) is 0. The molecule has 5 rings (SSSR count). The zero-order chi connectivity index (χ0) is 21.1. The van der Waals surface area contributed by atoms with E-state index in [-0.39, 0.29) is 0 Å². The minimum atomic E-state index is -0.625. The zero-order valence-corrected chi connectivity index (χ0v) is 17.7. The lowest BCUT2D eigenvalue weighted by atomic mass is 9.84. The van der Waals surface area contributed by atoms with E-state index in [4.69, 9.17) is 9.47 Å². The molecule has 0 aliphatic carbocycles. The first-order chi connectivity index (χ1) is 15.3. The molecule has 0 spiro atoms. The molecule has 2 aliphatic rings. The molecule has 0 unspecified atom stereocenters. The van der Waals surface area contributed by atoms with Crippen molar-refractivity contribution in [1.82, 2.24) is 0 Å². The number of morpholine rings is 1.